The number of rotatable bonds is 5. The van der Waals surface area contributed by atoms with Gasteiger partial charge in [-0.1, -0.05) is 97.6 Å². The monoisotopic (exact) mass is 286 g/mol. The number of ether oxygens (including phenoxy) is 1. The first-order valence-corrected chi connectivity index (χ1v) is 7.33. The minimum Gasteiger partial charge on any atom is -0.481 e. The molecule has 1 heteroatoms. The van der Waals surface area contributed by atoms with Crippen molar-refractivity contribution >= 4 is 0 Å². The predicted molar refractivity (Wildman–Crippen MR) is 90.5 cm³/mol. The van der Waals surface area contributed by atoms with Crippen molar-refractivity contribution in [3.05, 3.63) is 121 Å². The molecule has 0 atom stereocenters. The minimum absolute atomic E-state index is 0.689. The summed E-state index contributed by atoms with van der Waals surface area (Å²) in [5, 5.41) is 0. The lowest BCUT2D eigenvalue weighted by Gasteiger charge is -2.34. The molecule has 108 valence electrons. The average Bonchev–Trinajstić information content (AvgIpc) is 2.62. The van der Waals surface area contributed by atoms with Crippen LogP contribution < -0.4 is 0 Å². The molecule has 0 aliphatic carbocycles. The molecular weight excluding hydrogens is 268 g/mol. The summed E-state index contributed by atoms with van der Waals surface area (Å²) in [6, 6.07) is 30.7. The maximum absolute atomic E-state index is 6.15. The number of hydrogen-bond acceptors (Lipinski definition) is 1. The summed E-state index contributed by atoms with van der Waals surface area (Å²) in [6.07, 6.45) is 1.52. The number of hydrogen-bond donors (Lipinski definition) is 0. The van der Waals surface area contributed by atoms with Gasteiger partial charge in [-0.3, -0.25) is 0 Å². The second-order valence-corrected chi connectivity index (χ2v) is 5.06. The Hall–Kier alpha value is -2.80. The molecule has 22 heavy (non-hydrogen) atoms. The topological polar surface area (TPSA) is 9.23 Å². The molecule has 0 saturated heterocycles. The molecule has 3 rings (SSSR count). The molecule has 0 amide bonds. The molecular formula is C21H18O. The third-order valence-corrected chi connectivity index (χ3v) is 3.80. The van der Waals surface area contributed by atoms with Crippen molar-refractivity contribution in [2.75, 3.05) is 0 Å². The van der Waals surface area contributed by atoms with Crippen LogP contribution in [0, 0.1) is 0 Å². The van der Waals surface area contributed by atoms with Crippen LogP contribution in [0.3, 0.4) is 0 Å². The molecule has 0 radical (unpaired) electrons. The highest BCUT2D eigenvalue weighted by Crippen LogP contribution is 2.40. The van der Waals surface area contributed by atoms with Gasteiger partial charge in [0.2, 0.25) is 0 Å². The Morgan fingerprint density at radius 3 is 1.18 bits per heavy atom. The second kappa shape index (κ2) is 6.31. The molecule has 0 unspecified atom stereocenters. The zero-order valence-corrected chi connectivity index (χ0v) is 12.4. The molecule has 0 saturated carbocycles. The van der Waals surface area contributed by atoms with E-state index in [4.69, 9.17) is 4.74 Å². The van der Waals surface area contributed by atoms with Crippen molar-refractivity contribution in [3.8, 4) is 0 Å². The Bertz CT molecular complexity index is 621. The molecule has 3 aromatic carbocycles. The lowest BCUT2D eigenvalue weighted by atomic mass is 9.80. The van der Waals surface area contributed by atoms with Crippen LogP contribution >= 0.6 is 0 Å². The Morgan fingerprint density at radius 1 is 0.591 bits per heavy atom. The zero-order valence-electron chi connectivity index (χ0n) is 12.4. The van der Waals surface area contributed by atoms with E-state index in [1.54, 1.807) is 0 Å². The van der Waals surface area contributed by atoms with E-state index in [1.807, 2.05) is 54.6 Å². The summed E-state index contributed by atoms with van der Waals surface area (Å²) in [6.45, 7) is 3.80. The maximum Gasteiger partial charge on any atom is 0.183 e. The Morgan fingerprint density at radius 2 is 0.909 bits per heavy atom. The van der Waals surface area contributed by atoms with Crippen LogP contribution in [0.5, 0.6) is 0 Å². The molecule has 0 N–H and O–H groups in total. The first-order chi connectivity index (χ1) is 10.9. The summed E-state index contributed by atoms with van der Waals surface area (Å²) in [5.41, 5.74) is 2.54. The number of benzene rings is 3. The lowest BCUT2D eigenvalue weighted by Crippen LogP contribution is -2.31. The van der Waals surface area contributed by atoms with E-state index in [0.717, 1.165) is 16.7 Å². The largest absolute Gasteiger partial charge is 0.481 e. The van der Waals surface area contributed by atoms with E-state index < -0.39 is 5.60 Å². The van der Waals surface area contributed by atoms with Crippen LogP contribution in [0.15, 0.2) is 104 Å². The van der Waals surface area contributed by atoms with Crippen LogP contribution in [-0.4, -0.2) is 0 Å². The van der Waals surface area contributed by atoms with Gasteiger partial charge < -0.3 is 4.74 Å². The van der Waals surface area contributed by atoms with Gasteiger partial charge in [0.1, 0.15) is 0 Å². The van der Waals surface area contributed by atoms with Gasteiger partial charge in [0, 0.05) is 16.7 Å². The Balaban J connectivity index is 2.31. The van der Waals surface area contributed by atoms with Crippen LogP contribution in [0.1, 0.15) is 16.7 Å². The standard InChI is InChI=1S/C21H18O/c1-2-22-21(18-12-6-3-7-13-18,19-14-8-4-9-15-19)20-16-10-5-11-17-20/h2-17H,1H2. The van der Waals surface area contributed by atoms with Crippen molar-refractivity contribution in [2.24, 2.45) is 0 Å². The highest BCUT2D eigenvalue weighted by Gasteiger charge is 2.37. The van der Waals surface area contributed by atoms with Crippen molar-refractivity contribution in [1.29, 1.82) is 0 Å². The Kier molecular flexibility index (Phi) is 4.06. The third kappa shape index (κ3) is 2.42. The zero-order chi connectivity index (χ0) is 15.3. The average molecular weight is 286 g/mol. The van der Waals surface area contributed by atoms with Gasteiger partial charge in [-0.15, -0.1) is 0 Å². The normalized spacial score (nSPS) is 10.9. The van der Waals surface area contributed by atoms with Crippen LogP contribution in [0.4, 0.5) is 0 Å². The minimum atomic E-state index is -0.689. The van der Waals surface area contributed by atoms with Crippen molar-refractivity contribution in [1.82, 2.24) is 0 Å². The van der Waals surface area contributed by atoms with Gasteiger partial charge in [-0.2, -0.15) is 0 Å². The van der Waals surface area contributed by atoms with Gasteiger partial charge in [0.15, 0.2) is 5.60 Å². The van der Waals surface area contributed by atoms with Gasteiger partial charge in [-0.25, -0.2) is 0 Å². The fourth-order valence-corrected chi connectivity index (χ4v) is 2.85. The van der Waals surface area contributed by atoms with E-state index in [-0.39, 0.29) is 0 Å². The first kappa shape index (κ1) is 14.2. The van der Waals surface area contributed by atoms with Crippen LogP contribution in [-0.2, 0) is 10.3 Å². The SMILES string of the molecule is C=COC(c1ccccc1)(c1ccccc1)c1ccccc1. The Labute approximate surface area is 131 Å². The first-order valence-electron chi connectivity index (χ1n) is 7.33. The van der Waals surface area contributed by atoms with Gasteiger partial charge in [-0.05, 0) is 0 Å². The molecule has 0 fully saturated rings. The molecule has 3 aromatic rings. The molecule has 1 nitrogen and oxygen atoms in total. The van der Waals surface area contributed by atoms with E-state index in [2.05, 4.69) is 43.0 Å². The highest BCUT2D eigenvalue weighted by molar-refractivity contribution is 5.47. The van der Waals surface area contributed by atoms with Gasteiger partial charge >= 0.3 is 0 Å². The molecule has 0 spiro atoms. The fourth-order valence-electron chi connectivity index (χ4n) is 2.85. The summed E-state index contributed by atoms with van der Waals surface area (Å²) in [4.78, 5) is 0. The highest BCUT2D eigenvalue weighted by atomic mass is 16.5. The van der Waals surface area contributed by atoms with Crippen molar-refractivity contribution in [3.63, 3.8) is 0 Å². The lowest BCUT2D eigenvalue weighted by molar-refractivity contribution is 0.0987. The van der Waals surface area contributed by atoms with Crippen molar-refractivity contribution in [2.45, 2.75) is 5.60 Å². The molecule has 0 aliphatic heterocycles. The second-order valence-electron chi connectivity index (χ2n) is 5.06. The van der Waals surface area contributed by atoms with E-state index >= 15 is 0 Å². The predicted octanol–water partition coefficient (Wildman–Crippen LogP) is 5.14. The summed E-state index contributed by atoms with van der Waals surface area (Å²) >= 11 is 0. The maximum atomic E-state index is 6.15. The summed E-state index contributed by atoms with van der Waals surface area (Å²) in [7, 11) is 0. The van der Waals surface area contributed by atoms with Gasteiger partial charge in [0.05, 0.1) is 6.26 Å². The summed E-state index contributed by atoms with van der Waals surface area (Å²) < 4.78 is 6.15. The van der Waals surface area contributed by atoms with Gasteiger partial charge in [0.25, 0.3) is 0 Å². The third-order valence-electron chi connectivity index (χ3n) is 3.80. The molecule has 0 aromatic heterocycles. The smallest absolute Gasteiger partial charge is 0.183 e. The van der Waals surface area contributed by atoms with E-state index in [1.165, 1.54) is 6.26 Å². The quantitative estimate of drug-likeness (QED) is 0.466. The van der Waals surface area contributed by atoms with E-state index in [9.17, 15) is 0 Å². The molecule has 0 heterocycles. The fraction of sp³-hybridized carbons (Fsp3) is 0.0476. The molecule has 0 aliphatic rings. The van der Waals surface area contributed by atoms with E-state index in [0.29, 0.717) is 0 Å². The van der Waals surface area contributed by atoms with Crippen molar-refractivity contribution < 1.29 is 4.74 Å². The summed E-state index contributed by atoms with van der Waals surface area (Å²) in [5.74, 6) is 0. The van der Waals surface area contributed by atoms with Crippen LogP contribution in [0.2, 0.25) is 0 Å². The van der Waals surface area contributed by atoms with Crippen LogP contribution in [0.25, 0.3) is 0 Å². The molecule has 0 bridgehead atoms.